The largest absolute Gasteiger partial charge is 0.401 e. The highest BCUT2D eigenvalue weighted by Crippen LogP contribution is 2.24. The van der Waals surface area contributed by atoms with E-state index in [0.29, 0.717) is 0 Å². The van der Waals surface area contributed by atoms with E-state index in [1.165, 1.54) is 17.0 Å². The Kier molecular flexibility index (Phi) is 6.33. The molecule has 1 aromatic carbocycles. The van der Waals surface area contributed by atoms with Crippen LogP contribution in [0.2, 0.25) is 0 Å². The van der Waals surface area contributed by atoms with Crippen LogP contribution in [0, 0.1) is 5.82 Å². The zero-order valence-electron chi connectivity index (χ0n) is 13.8. The van der Waals surface area contributed by atoms with Gasteiger partial charge in [-0.15, -0.1) is 0 Å². The van der Waals surface area contributed by atoms with Gasteiger partial charge >= 0.3 is 6.18 Å². The summed E-state index contributed by atoms with van der Waals surface area (Å²) < 4.78 is 55.9. The zero-order chi connectivity index (χ0) is 20.2. The fourth-order valence-electron chi connectivity index (χ4n) is 2.33. The van der Waals surface area contributed by atoms with Gasteiger partial charge < -0.3 is 20.7 Å². The maximum absolute atomic E-state index is 14.3. The molecular weight excluding hydrogens is 376 g/mol. The van der Waals surface area contributed by atoms with Crippen LogP contribution in [0.25, 0.3) is 0 Å². The van der Waals surface area contributed by atoms with Crippen molar-refractivity contribution in [1.29, 1.82) is 0 Å². The molecule has 1 aliphatic rings. The maximum atomic E-state index is 14.3. The Morgan fingerprint density at radius 2 is 2.04 bits per heavy atom. The summed E-state index contributed by atoms with van der Waals surface area (Å²) in [6.07, 6.45) is -4.66. The molecule has 27 heavy (non-hydrogen) atoms. The number of primary amides is 1. The monoisotopic (exact) mass is 392 g/mol. The minimum Gasteiger partial charge on any atom is -0.370 e. The van der Waals surface area contributed by atoms with Gasteiger partial charge in [-0.2, -0.15) is 13.2 Å². The molecule has 0 radical (unpaired) electrons. The van der Waals surface area contributed by atoms with Crippen molar-refractivity contribution >= 4 is 29.1 Å². The third-order valence-electron chi connectivity index (χ3n) is 3.55. The van der Waals surface area contributed by atoms with E-state index in [2.05, 4.69) is 5.32 Å². The molecule has 0 unspecified atom stereocenters. The molecule has 1 saturated heterocycles. The number of alkyl halides is 3. The van der Waals surface area contributed by atoms with E-state index in [4.69, 9.17) is 10.5 Å². The van der Waals surface area contributed by atoms with Gasteiger partial charge in [0, 0.05) is 12.2 Å². The number of benzene rings is 1. The van der Waals surface area contributed by atoms with Crippen molar-refractivity contribution in [2.75, 3.05) is 36.5 Å². The summed E-state index contributed by atoms with van der Waals surface area (Å²) in [5.74, 6) is -3.79. The Morgan fingerprint density at radius 3 is 2.59 bits per heavy atom. The highest BCUT2D eigenvalue weighted by atomic mass is 19.4. The molecule has 1 aliphatic heterocycles. The summed E-state index contributed by atoms with van der Waals surface area (Å²) in [6, 6.07) is 1.37. The van der Waals surface area contributed by atoms with Crippen molar-refractivity contribution in [3.05, 3.63) is 24.0 Å². The zero-order valence-corrected chi connectivity index (χ0v) is 13.8. The predicted octanol–water partition coefficient (Wildman–Crippen LogP) is 0.133. The second-order valence-corrected chi connectivity index (χ2v) is 5.58. The Labute approximate surface area is 150 Å². The summed E-state index contributed by atoms with van der Waals surface area (Å²) in [4.78, 5) is 36.1. The molecule has 1 aromatic rings. The number of anilines is 2. The third-order valence-corrected chi connectivity index (χ3v) is 3.55. The average molecular weight is 392 g/mol. The highest BCUT2D eigenvalue weighted by Gasteiger charge is 2.32. The number of nitrogens with two attached hydrogens (primary N) is 1. The SMILES string of the molecule is NC(=O)[C@@H](NCC(F)(F)F)C(=O)Nc1ccc(N2CCOCC2=O)c(F)c1. The third kappa shape index (κ3) is 5.62. The molecule has 12 heteroatoms. The second kappa shape index (κ2) is 8.31. The van der Waals surface area contributed by atoms with E-state index in [-0.39, 0.29) is 31.1 Å². The lowest BCUT2D eigenvalue weighted by atomic mass is 10.2. The number of rotatable bonds is 6. The molecule has 8 nitrogen and oxygen atoms in total. The number of amides is 3. The number of halogens is 4. The molecule has 0 aromatic heterocycles. The van der Waals surface area contributed by atoms with Crippen molar-refractivity contribution in [2.24, 2.45) is 5.73 Å². The van der Waals surface area contributed by atoms with Crippen LogP contribution in [0.3, 0.4) is 0 Å². The summed E-state index contributed by atoms with van der Waals surface area (Å²) in [5.41, 5.74) is 4.77. The molecule has 2 rings (SSSR count). The number of ether oxygens (including phenoxy) is 1. The second-order valence-electron chi connectivity index (χ2n) is 5.58. The Morgan fingerprint density at radius 1 is 1.33 bits per heavy atom. The van der Waals surface area contributed by atoms with Crippen LogP contribution in [0.15, 0.2) is 18.2 Å². The molecule has 0 bridgehead atoms. The van der Waals surface area contributed by atoms with Crippen LogP contribution in [0.5, 0.6) is 0 Å². The van der Waals surface area contributed by atoms with E-state index in [9.17, 15) is 31.9 Å². The lowest BCUT2D eigenvalue weighted by Crippen LogP contribution is -2.52. The van der Waals surface area contributed by atoms with E-state index in [1.807, 2.05) is 0 Å². The minimum absolute atomic E-state index is 0.0389. The molecular formula is C15H16F4N4O4. The van der Waals surface area contributed by atoms with Gasteiger partial charge in [0.2, 0.25) is 5.91 Å². The Bertz CT molecular complexity index is 741. The van der Waals surface area contributed by atoms with Gasteiger partial charge in [0.15, 0.2) is 6.04 Å². The van der Waals surface area contributed by atoms with E-state index in [1.54, 1.807) is 5.32 Å². The molecule has 1 fully saturated rings. The van der Waals surface area contributed by atoms with Gasteiger partial charge in [-0.25, -0.2) is 4.39 Å². The fourth-order valence-corrected chi connectivity index (χ4v) is 2.33. The number of hydrogen-bond acceptors (Lipinski definition) is 5. The van der Waals surface area contributed by atoms with Crippen LogP contribution in [0.4, 0.5) is 28.9 Å². The van der Waals surface area contributed by atoms with Crippen molar-refractivity contribution in [3.8, 4) is 0 Å². The van der Waals surface area contributed by atoms with E-state index >= 15 is 0 Å². The summed E-state index contributed by atoms with van der Waals surface area (Å²) in [7, 11) is 0. The average Bonchev–Trinajstić information content (AvgIpc) is 2.54. The maximum Gasteiger partial charge on any atom is 0.401 e. The van der Waals surface area contributed by atoms with Gasteiger partial charge in [0.25, 0.3) is 11.8 Å². The minimum atomic E-state index is -4.66. The molecule has 1 heterocycles. The first-order chi connectivity index (χ1) is 12.6. The summed E-state index contributed by atoms with van der Waals surface area (Å²) in [6.45, 7) is -1.43. The smallest absolute Gasteiger partial charge is 0.370 e. The number of hydrogen-bond donors (Lipinski definition) is 3. The molecule has 1 atom stereocenters. The topological polar surface area (TPSA) is 114 Å². The van der Waals surface area contributed by atoms with Crippen molar-refractivity contribution in [1.82, 2.24) is 5.32 Å². The summed E-state index contributed by atoms with van der Waals surface area (Å²) in [5, 5.41) is 3.79. The van der Waals surface area contributed by atoms with Crippen LogP contribution >= 0.6 is 0 Å². The van der Waals surface area contributed by atoms with Gasteiger partial charge in [-0.05, 0) is 18.2 Å². The van der Waals surface area contributed by atoms with Crippen molar-refractivity contribution in [3.63, 3.8) is 0 Å². The van der Waals surface area contributed by atoms with Crippen molar-refractivity contribution in [2.45, 2.75) is 12.2 Å². The molecule has 0 saturated carbocycles. The standard InChI is InChI=1S/C15H16F4N4O4/c16-9-5-8(1-2-10(9)23-3-4-27-6-11(23)24)22-14(26)12(13(20)25)21-7-15(17,18)19/h1-2,5,12,21H,3-4,6-7H2,(H2,20,25)(H,22,26)/t12-/m1/s1. The van der Waals surface area contributed by atoms with Crippen molar-refractivity contribution < 1.29 is 36.7 Å². The summed E-state index contributed by atoms with van der Waals surface area (Å²) >= 11 is 0. The first-order valence-electron chi connectivity index (χ1n) is 7.66. The van der Waals surface area contributed by atoms with Crippen LogP contribution in [0.1, 0.15) is 0 Å². The van der Waals surface area contributed by atoms with Gasteiger partial charge in [0.05, 0.1) is 18.8 Å². The number of morpholine rings is 1. The molecule has 0 aliphatic carbocycles. The molecule has 148 valence electrons. The lowest BCUT2D eigenvalue weighted by Gasteiger charge is -2.27. The van der Waals surface area contributed by atoms with Crippen LogP contribution < -0.4 is 21.3 Å². The number of carbonyl (C=O) groups is 3. The Hall–Kier alpha value is -2.73. The number of nitrogens with zero attached hydrogens (tertiary/aromatic N) is 1. The van der Waals surface area contributed by atoms with Gasteiger partial charge in [0.1, 0.15) is 12.4 Å². The fraction of sp³-hybridized carbons (Fsp3) is 0.400. The van der Waals surface area contributed by atoms with Gasteiger partial charge in [-0.3, -0.25) is 19.7 Å². The first-order valence-corrected chi connectivity index (χ1v) is 7.66. The van der Waals surface area contributed by atoms with Crippen LogP contribution in [-0.2, 0) is 19.1 Å². The molecule has 3 amide bonds. The molecule has 4 N–H and O–H groups in total. The normalized spacial score (nSPS) is 16.1. The molecule has 0 spiro atoms. The van der Waals surface area contributed by atoms with Gasteiger partial charge in [-0.1, -0.05) is 0 Å². The van der Waals surface area contributed by atoms with E-state index < -0.39 is 42.3 Å². The van der Waals surface area contributed by atoms with E-state index in [0.717, 1.165) is 6.07 Å². The first kappa shape index (κ1) is 20.6. The number of carbonyl (C=O) groups excluding carboxylic acids is 3. The number of nitrogens with one attached hydrogen (secondary N) is 2. The lowest BCUT2D eigenvalue weighted by molar-refractivity contribution is -0.135. The quantitative estimate of drug-likeness (QED) is 0.471. The predicted molar refractivity (Wildman–Crippen MR) is 85.2 cm³/mol. The highest BCUT2D eigenvalue weighted by molar-refractivity contribution is 6.09. The Balaban J connectivity index is 2.09. The van der Waals surface area contributed by atoms with Crippen LogP contribution in [-0.4, -0.2) is 56.2 Å².